The average molecular weight is 180 g/mol. The van der Waals surface area contributed by atoms with E-state index >= 15 is 0 Å². The smallest absolute Gasteiger partial charge is 0.338 e. The lowest BCUT2D eigenvalue weighted by Gasteiger charge is -2.03. The SMILES string of the molecule is C=C(C)C(=O)Oc1ccccc1F. The Bertz CT molecular complexity index is 345. The van der Waals surface area contributed by atoms with Crippen LogP contribution < -0.4 is 4.74 Å². The fraction of sp³-hybridized carbons (Fsp3) is 0.100. The Morgan fingerprint density at radius 1 is 1.46 bits per heavy atom. The van der Waals surface area contributed by atoms with Gasteiger partial charge in [0.15, 0.2) is 11.6 Å². The molecule has 0 spiro atoms. The van der Waals surface area contributed by atoms with Crippen molar-refractivity contribution in [2.24, 2.45) is 0 Å². The minimum absolute atomic E-state index is 0.0736. The highest BCUT2D eigenvalue weighted by Gasteiger charge is 2.08. The van der Waals surface area contributed by atoms with Gasteiger partial charge in [-0.05, 0) is 19.1 Å². The maximum atomic E-state index is 12.9. The van der Waals surface area contributed by atoms with Gasteiger partial charge in [0.1, 0.15) is 0 Å². The van der Waals surface area contributed by atoms with Gasteiger partial charge in [-0.2, -0.15) is 0 Å². The Labute approximate surface area is 75.6 Å². The zero-order chi connectivity index (χ0) is 9.84. The Hall–Kier alpha value is -1.64. The molecule has 0 saturated heterocycles. The van der Waals surface area contributed by atoms with Crippen LogP contribution in [0.15, 0.2) is 36.4 Å². The number of hydrogen-bond acceptors (Lipinski definition) is 2. The third-order valence-electron chi connectivity index (χ3n) is 1.39. The van der Waals surface area contributed by atoms with Crippen LogP contribution in [0.3, 0.4) is 0 Å². The lowest BCUT2D eigenvalue weighted by molar-refractivity contribution is -0.130. The fourth-order valence-electron chi connectivity index (χ4n) is 0.714. The summed E-state index contributed by atoms with van der Waals surface area (Å²) in [5.74, 6) is -1.25. The topological polar surface area (TPSA) is 26.3 Å². The van der Waals surface area contributed by atoms with E-state index in [2.05, 4.69) is 6.58 Å². The summed E-state index contributed by atoms with van der Waals surface area (Å²) in [4.78, 5) is 11.0. The number of para-hydroxylation sites is 1. The highest BCUT2D eigenvalue weighted by molar-refractivity contribution is 5.88. The molecular formula is C10H9FO2. The second-order valence-corrected chi connectivity index (χ2v) is 2.60. The van der Waals surface area contributed by atoms with Crippen molar-refractivity contribution in [3.05, 3.63) is 42.2 Å². The molecule has 0 aromatic heterocycles. The number of halogens is 1. The van der Waals surface area contributed by atoms with E-state index < -0.39 is 11.8 Å². The molecule has 0 radical (unpaired) electrons. The quantitative estimate of drug-likeness (QED) is 0.396. The van der Waals surface area contributed by atoms with Crippen molar-refractivity contribution in [2.45, 2.75) is 6.92 Å². The van der Waals surface area contributed by atoms with E-state index in [0.29, 0.717) is 0 Å². The van der Waals surface area contributed by atoms with Crippen molar-refractivity contribution in [2.75, 3.05) is 0 Å². The van der Waals surface area contributed by atoms with Crippen LogP contribution in [0.2, 0.25) is 0 Å². The maximum Gasteiger partial charge on any atom is 0.338 e. The Balaban J connectivity index is 2.81. The van der Waals surface area contributed by atoms with Gasteiger partial charge in [0.05, 0.1) is 0 Å². The van der Waals surface area contributed by atoms with Crippen molar-refractivity contribution >= 4 is 5.97 Å². The Kier molecular flexibility index (Phi) is 2.80. The molecule has 0 heterocycles. The molecule has 1 aromatic carbocycles. The molecule has 0 N–H and O–H groups in total. The molecule has 0 saturated carbocycles. The number of carbonyl (C=O) groups is 1. The second kappa shape index (κ2) is 3.85. The van der Waals surface area contributed by atoms with E-state index in [1.807, 2.05) is 0 Å². The van der Waals surface area contributed by atoms with Crippen LogP contribution in [0.5, 0.6) is 5.75 Å². The predicted molar refractivity (Wildman–Crippen MR) is 46.8 cm³/mol. The summed E-state index contributed by atoms with van der Waals surface area (Å²) in [5.41, 5.74) is 0.239. The highest BCUT2D eigenvalue weighted by atomic mass is 19.1. The minimum Gasteiger partial charge on any atom is -0.420 e. The van der Waals surface area contributed by atoms with E-state index in [1.165, 1.54) is 25.1 Å². The molecule has 0 unspecified atom stereocenters. The second-order valence-electron chi connectivity index (χ2n) is 2.60. The first-order chi connectivity index (χ1) is 6.11. The molecular weight excluding hydrogens is 171 g/mol. The van der Waals surface area contributed by atoms with E-state index in [-0.39, 0.29) is 11.3 Å². The highest BCUT2D eigenvalue weighted by Crippen LogP contribution is 2.16. The van der Waals surface area contributed by atoms with Gasteiger partial charge in [-0.1, -0.05) is 18.7 Å². The van der Waals surface area contributed by atoms with Crippen molar-refractivity contribution in [1.82, 2.24) is 0 Å². The summed E-state index contributed by atoms with van der Waals surface area (Å²) in [7, 11) is 0. The molecule has 0 amide bonds. The van der Waals surface area contributed by atoms with Crippen molar-refractivity contribution in [1.29, 1.82) is 0 Å². The summed E-state index contributed by atoms with van der Waals surface area (Å²) in [6, 6.07) is 5.72. The first kappa shape index (κ1) is 9.45. The number of esters is 1. The minimum atomic E-state index is -0.620. The standard InChI is InChI=1S/C10H9FO2/c1-7(2)10(12)13-9-6-4-3-5-8(9)11/h3-6H,1H2,2H3. The molecule has 0 bridgehead atoms. The summed E-state index contributed by atoms with van der Waals surface area (Å²) in [5, 5.41) is 0. The van der Waals surface area contributed by atoms with Gasteiger partial charge in [-0.25, -0.2) is 9.18 Å². The summed E-state index contributed by atoms with van der Waals surface area (Å²) in [6.07, 6.45) is 0. The van der Waals surface area contributed by atoms with Crippen molar-refractivity contribution in [3.8, 4) is 5.75 Å². The number of hydrogen-bond donors (Lipinski definition) is 0. The third kappa shape index (κ3) is 2.40. The van der Waals surface area contributed by atoms with Crippen LogP contribution in [0, 0.1) is 5.82 Å². The summed E-state index contributed by atoms with van der Waals surface area (Å²) >= 11 is 0. The normalized spacial score (nSPS) is 9.38. The van der Waals surface area contributed by atoms with Gasteiger partial charge in [0, 0.05) is 5.57 Å². The molecule has 0 aliphatic rings. The molecule has 0 aliphatic heterocycles. The lowest BCUT2D eigenvalue weighted by Crippen LogP contribution is -2.09. The molecule has 1 aromatic rings. The van der Waals surface area contributed by atoms with Gasteiger partial charge < -0.3 is 4.74 Å². The molecule has 1 rings (SSSR count). The number of ether oxygens (including phenoxy) is 1. The predicted octanol–water partition coefficient (Wildman–Crippen LogP) is 2.31. The molecule has 2 nitrogen and oxygen atoms in total. The van der Waals surface area contributed by atoms with Crippen molar-refractivity contribution < 1.29 is 13.9 Å². The third-order valence-corrected chi connectivity index (χ3v) is 1.39. The molecule has 0 aliphatic carbocycles. The van der Waals surface area contributed by atoms with Gasteiger partial charge in [-0.15, -0.1) is 0 Å². The van der Waals surface area contributed by atoms with E-state index in [0.717, 1.165) is 0 Å². The maximum absolute atomic E-state index is 12.9. The van der Waals surface area contributed by atoms with Gasteiger partial charge in [0.2, 0.25) is 0 Å². The summed E-state index contributed by atoms with van der Waals surface area (Å²) < 4.78 is 17.6. The number of rotatable bonds is 2. The van der Waals surface area contributed by atoms with Gasteiger partial charge in [-0.3, -0.25) is 0 Å². The largest absolute Gasteiger partial charge is 0.420 e. The van der Waals surface area contributed by atoms with Crippen LogP contribution in [0.4, 0.5) is 4.39 Å². The average Bonchev–Trinajstić information content (AvgIpc) is 2.08. The van der Waals surface area contributed by atoms with Crippen LogP contribution in [0.25, 0.3) is 0 Å². The number of benzene rings is 1. The Morgan fingerprint density at radius 3 is 2.62 bits per heavy atom. The zero-order valence-corrected chi connectivity index (χ0v) is 7.21. The van der Waals surface area contributed by atoms with Crippen LogP contribution in [-0.2, 0) is 4.79 Å². The molecule has 68 valence electrons. The van der Waals surface area contributed by atoms with Gasteiger partial charge >= 0.3 is 5.97 Å². The zero-order valence-electron chi connectivity index (χ0n) is 7.21. The fourth-order valence-corrected chi connectivity index (χ4v) is 0.714. The van der Waals surface area contributed by atoms with E-state index in [1.54, 1.807) is 6.07 Å². The first-order valence-corrected chi connectivity index (χ1v) is 3.73. The van der Waals surface area contributed by atoms with Crippen LogP contribution >= 0.6 is 0 Å². The Morgan fingerprint density at radius 2 is 2.08 bits per heavy atom. The van der Waals surface area contributed by atoms with Crippen molar-refractivity contribution in [3.63, 3.8) is 0 Å². The number of carbonyl (C=O) groups excluding carboxylic acids is 1. The molecule has 13 heavy (non-hydrogen) atoms. The molecule has 0 fully saturated rings. The summed E-state index contributed by atoms with van der Waals surface area (Å²) in [6.45, 7) is 4.89. The van der Waals surface area contributed by atoms with Crippen LogP contribution in [-0.4, -0.2) is 5.97 Å². The lowest BCUT2D eigenvalue weighted by atomic mass is 10.3. The van der Waals surface area contributed by atoms with Crippen LogP contribution in [0.1, 0.15) is 6.92 Å². The first-order valence-electron chi connectivity index (χ1n) is 3.73. The molecule has 0 atom stereocenters. The van der Waals surface area contributed by atoms with E-state index in [4.69, 9.17) is 4.74 Å². The monoisotopic (exact) mass is 180 g/mol. The molecule has 3 heteroatoms. The van der Waals surface area contributed by atoms with Gasteiger partial charge in [0.25, 0.3) is 0 Å². The van der Waals surface area contributed by atoms with E-state index in [9.17, 15) is 9.18 Å².